The van der Waals surface area contributed by atoms with Crippen LogP contribution in [0.4, 0.5) is 14.6 Å². The van der Waals surface area contributed by atoms with Crippen molar-refractivity contribution in [2.45, 2.75) is 57.6 Å². The zero-order chi connectivity index (χ0) is 25.0. The van der Waals surface area contributed by atoms with Crippen LogP contribution >= 0.6 is 0 Å². The molecule has 5 N–H and O–H groups in total. The lowest BCUT2D eigenvalue weighted by atomic mass is 9.92. The van der Waals surface area contributed by atoms with Crippen LogP contribution in [0, 0.1) is 12.8 Å². The first kappa shape index (κ1) is 24.0. The zero-order valence-electron chi connectivity index (χ0n) is 19.5. The van der Waals surface area contributed by atoms with E-state index in [1.807, 2.05) is 6.92 Å². The molecule has 10 heteroatoms. The molecule has 1 aromatic carbocycles. The molecule has 1 fully saturated rings. The fourth-order valence-corrected chi connectivity index (χ4v) is 4.03. The number of halogens is 2. The quantitative estimate of drug-likeness (QED) is 0.418. The Morgan fingerprint density at radius 2 is 2.06 bits per heavy atom. The summed E-state index contributed by atoms with van der Waals surface area (Å²) in [6.07, 6.45) is 0.994. The molecule has 1 amide bonds. The van der Waals surface area contributed by atoms with Crippen molar-refractivity contribution in [3.63, 3.8) is 0 Å². The summed E-state index contributed by atoms with van der Waals surface area (Å²) in [6.45, 7) is 6.22. The van der Waals surface area contributed by atoms with Crippen LogP contribution in [0.1, 0.15) is 49.9 Å². The third-order valence-corrected chi connectivity index (χ3v) is 6.42. The molecule has 1 aliphatic carbocycles. The lowest BCUT2D eigenvalue weighted by molar-refractivity contribution is -0.124. The van der Waals surface area contributed by atoms with Crippen molar-refractivity contribution >= 4 is 17.4 Å². The number of hydrogen-bond donors (Lipinski definition) is 4. The van der Waals surface area contributed by atoms with Gasteiger partial charge in [-0.1, -0.05) is 12.1 Å². The number of aromatic nitrogens is 3. The number of anilines is 1. The number of nitrogens with zero attached hydrogens (tertiary/aromatic N) is 3. The van der Waals surface area contributed by atoms with Gasteiger partial charge in [-0.05, 0) is 51.3 Å². The van der Waals surface area contributed by atoms with E-state index in [0.717, 1.165) is 12.5 Å². The number of nitrogen functional groups attached to an aromatic ring is 1. The van der Waals surface area contributed by atoms with Crippen LogP contribution in [0.25, 0.3) is 16.9 Å². The number of alkyl halides is 2. The minimum Gasteiger partial charge on any atom is -0.394 e. The fraction of sp³-hybridized carbons (Fsp3) is 0.458. The maximum absolute atomic E-state index is 13.4. The highest BCUT2D eigenvalue weighted by atomic mass is 19.3. The van der Waals surface area contributed by atoms with Crippen molar-refractivity contribution in [3.05, 3.63) is 47.4 Å². The number of fused-ring (bicyclic) bond motifs is 1. The van der Waals surface area contributed by atoms with E-state index >= 15 is 0 Å². The van der Waals surface area contributed by atoms with Gasteiger partial charge in [-0.25, -0.2) is 18.7 Å². The number of aliphatic hydroxyl groups excluding tert-OH is 1. The zero-order valence-corrected chi connectivity index (χ0v) is 19.5. The van der Waals surface area contributed by atoms with Gasteiger partial charge in [0.05, 0.1) is 29.7 Å². The number of nitrogens with two attached hydrogens (primary N) is 1. The van der Waals surface area contributed by atoms with Crippen LogP contribution in [0.3, 0.4) is 0 Å². The molecule has 2 heterocycles. The van der Waals surface area contributed by atoms with Gasteiger partial charge in [0.1, 0.15) is 5.60 Å². The molecule has 2 aromatic heterocycles. The molecule has 3 unspecified atom stereocenters. The Bertz CT molecular complexity index is 1250. The number of aliphatic hydroxyl groups is 2. The maximum atomic E-state index is 13.4. The summed E-state index contributed by atoms with van der Waals surface area (Å²) >= 11 is 0. The van der Waals surface area contributed by atoms with Crippen LogP contribution in [-0.2, 0) is 10.4 Å². The summed E-state index contributed by atoms with van der Waals surface area (Å²) < 4.78 is 28.6. The van der Waals surface area contributed by atoms with Crippen molar-refractivity contribution in [2.75, 3.05) is 12.3 Å². The van der Waals surface area contributed by atoms with E-state index in [4.69, 9.17) is 5.73 Å². The normalized spacial score (nSPS) is 19.9. The average molecular weight is 474 g/mol. The van der Waals surface area contributed by atoms with Gasteiger partial charge in [0, 0.05) is 23.6 Å². The molecule has 1 aliphatic rings. The summed E-state index contributed by atoms with van der Waals surface area (Å²) in [5.74, 6) is -0.385. The number of amides is 1. The number of aryl methyl sites for hydroxylation is 1. The molecule has 0 spiro atoms. The number of benzene rings is 1. The lowest BCUT2D eigenvalue weighted by Gasteiger charge is -2.24. The van der Waals surface area contributed by atoms with Gasteiger partial charge in [-0.15, -0.1) is 0 Å². The van der Waals surface area contributed by atoms with Crippen LogP contribution < -0.4 is 11.1 Å². The van der Waals surface area contributed by atoms with E-state index in [9.17, 15) is 23.8 Å². The first-order valence-corrected chi connectivity index (χ1v) is 11.0. The molecule has 0 bridgehead atoms. The number of carbonyl (C=O) groups is 1. The molecule has 0 saturated heterocycles. The van der Waals surface area contributed by atoms with Crippen LogP contribution in [0.5, 0.6) is 0 Å². The smallest absolute Gasteiger partial charge is 0.270 e. The number of rotatable bonds is 7. The van der Waals surface area contributed by atoms with Crippen molar-refractivity contribution in [3.8, 4) is 11.3 Å². The largest absolute Gasteiger partial charge is 0.394 e. The second kappa shape index (κ2) is 8.28. The molecule has 34 heavy (non-hydrogen) atoms. The second-order valence-electron chi connectivity index (χ2n) is 9.85. The molecule has 0 radical (unpaired) electrons. The Hall–Kier alpha value is -3.11. The molecule has 8 nitrogen and oxygen atoms in total. The van der Waals surface area contributed by atoms with Crippen molar-refractivity contribution in [2.24, 2.45) is 5.92 Å². The first-order valence-electron chi connectivity index (χ1n) is 11.0. The van der Waals surface area contributed by atoms with E-state index in [1.165, 1.54) is 12.1 Å². The molecule has 3 atom stereocenters. The molecule has 0 aliphatic heterocycles. The topological polar surface area (TPSA) is 126 Å². The fourth-order valence-electron chi connectivity index (χ4n) is 4.03. The molecule has 4 rings (SSSR count). The van der Waals surface area contributed by atoms with E-state index in [-0.39, 0.29) is 35.7 Å². The van der Waals surface area contributed by atoms with Gasteiger partial charge < -0.3 is 21.3 Å². The molecule has 182 valence electrons. The molecule has 1 saturated carbocycles. The first-order chi connectivity index (χ1) is 15.9. The van der Waals surface area contributed by atoms with E-state index in [0.29, 0.717) is 29.0 Å². The number of imidazole rings is 1. The third kappa shape index (κ3) is 4.23. The highest BCUT2D eigenvalue weighted by Gasteiger charge is 2.46. The summed E-state index contributed by atoms with van der Waals surface area (Å²) in [6, 6.07) is 4.69. The van der Waals surface area contributed by atoms with E-state index in [2.05, 4.69) is 15.3 Å². The molecular weight excluding hydrogens is 444 g/mol. The second-order valence-corrected chi connectivity index (χ2v) is 9.85. The van der Waals surface area contributed by atoms with Crippen molar-refractivity contribution in [1.29, 1.82) is 0 Å². The summed E-state index contributed by atoms with van der Waals surface area (Å²) in [5.41, 5.74) is 6.31. The highest BCUT2D eigenvalue weighted by molar-refractivity contribution is 5.83. The van der Waals surface area contributed by atoms with Gasteiger partial charge in [-0.3, -0.25) is 9.20 Å². The van der Waals surface area contributed by atoms with Crippen molar-refractivity contribution in [1.82, 2.24) is 19.7 Å². The Labute approximate surface area is 195 Å². The highest BCUT2D eigenvalue weighted by Crippen LogP contribution is 2.47. The Kier molecular flexibility index (Phi) is 5.85. The van der Waals surface area contributed by atoms with E-state index < -0.39 is 17.6 Å². The SMILES string of the molecule is Cc1ccc(C(C)(O)C(F)F)cc1-c1cnc2c(N)nc(C3CC3C(=O)NC(C)(C)CO)cn12. The van der Waals surface area contributed by atoms with Crippen LogP contribution in [0.15, 0.2) is 30.6 Å². The van der Waals surface area contributed by atoms with Crippen molar-refractivity contribution < 1.29 is 23.8 Å². The van der Waals surface area contributed by atoms with Crippen LogP contribution in [-0.4, -0.2) is 49.1 Å². The van der Waals surface area contributed by atoms with Crippen LogP contribution in [0.2, 0.25) is 0 Å². The minimum absolute atomic E-state index is 0.0886. The minimum atomic E-state index is -2.95. The van der Waals surface area contributed by atoms with E-state index in [1.54, 1.807) is 36.7 Å². The molecular formula is C24H29F2N5O3. The predicted molar refractivity (Wildman–Crippen MR) is 123 cm³/mol. The third-order valence-electron chi connectivity index (χ3n) is 6.42. The van der Waals surface area contributed by atoms with Gasteiger partial charge >= 0.3 is 0 Å². The Balaban J connectivity index is 1.71. The predicted octanol–water partition coefficient (Wildman–Crippen LogP) is 2.75. The summed E-state index contributed by atoms with van der Waals surface area (Å²) in [7, 11) is 0. The van der Waals surface area contributed by atoms with Gasteiger partial charge in [-0.2, -0.15) is 0 Å². The summed E-state index contributed by atoms with van der Waals surface area (Å²) in [4.78, 5) is 21.4. The van der Waals surface area contributed by atoms with Gasteiger partial charge in [0.2, 0.25) is 5.91 Å². The summed E-state index contributed by atoms with van der Waals surface area (Å²) in [5, 5.41) is 22.5. The Morgan fingerprint density at radius 3 is 2.71 bits per heavy atom. The number of nitrogens with one attached hydrogen (secondary N) is 1. The Morgan fingerprint density at radius 1 is 1.35 bits per heavy atom. The monoisotopic (exact) mass is 473 g/mol. The van der Waals surface area contributed by atoms with Gasteiger partial charge in [0.15, 0.2) is 11.5 Å². The number of carbonyl (C=O) groups excluding carboxylic acids is 1. The standard InChI is InChI=1S/C24H29F2N5O3/c1-12-5-6-13(24(4,34)22(25)26)7-14(12)18-9-28-20-19(27)29-17(10-31(18)20)15-8-16(15)21(33)30-23(2,3)11-32/h5-7,9-10,15-16,22,32,34H,8,11H2,1-4H3,(H2,27,29)(H,30,33). The molecule has 3 aromatic rings. The van der Waals surface area contributed by atoms with Gasteiger partial charge in [0.25, 0.3) is 6.43 Å². The number of hydrogen-bond acceptors (Lipinski definition) is 6. The average Bonchev–Trinajstić information content (AvgIpc) is 3.46. The lowest BCUT2D eigenvalue weighted by Crippen LogP contribution is -2.47. The maximum Gasteiger partial charge on any atom is 0.270 e.